The molecule has 0 radical (unpaired) electrons. The SMILES string of the molecule is Fc1cc(I)ccc1Nc1c(-c2nnc(NCCN3C=COC=C3)o2)ccc(F)c1F. The molecule has 11 heteroatoms. The van der Waals surface area contributed by atoms with Gasteiger partial charge in [-0.15, -0.1) is 5.10 Å². The first-order valence-corrected chi connectivity index (χ1v) is 10.1. The molecule has 2 N–H and O–H groups in total. The average Bonchev–Trinajstić information content (AvgIpc) is 3.22. The molecule has 0 saturated heterocycles. The Morgan fingerprint density at radius 3 is 2.58 bits per heavy atom. The lowest BCUT2D eigenvalue weighted by Crippen LogP contribution is -2.20. The van der Waals surface area contributed by atoms with Crippen LogP contribution >= 0.6 is 22.6 Å². The first-order chi connectivity index (χ1) is 15.0. The van der Waals surface area contributed by atoms with E-state index in [9.17, 15) is 13.2 Å². The van der Waals surface area contributed by atoms with Crippen LogP contribution in [0.25, 0.3) is 11.5 Å². The van der Waals surface area contributed by atoms with E-state index >= 15 is 0 Å². The van der Waals surface area contributed by atoms with Gasteiger partial charge < -0.3 is 24.7 Å². The average molecular weight is 541 g/mol. The molecule has 1 aliphatic rings. The summed E-state index contributed by atoms with van der Waals surface area (Å²) in [6.45, 7) is 1.06. The van der Waals surface area contributed by atoms with Crippen LogP contribution in [0.2, 0.25) is 0 Å². The summed E-state index contributed by atoms with van der Waals surface area (Å²) in [5.41, 5.74) is -0.231. The molecule has 0 atom stereocenters. The second-order valence-electron chi connectivity index (χ2n) is 6.32. The normalized spacial score (nSPS) is 12.7. The van der Waals surface area contributed by atoms with Gasteiger partial charge in [-0.1, -0.05) is 5.10 Å². The molecule has 7 nitrogen and oxygen atoms in total. The number of ether oxygens (including phenoxy) is 1. The Kier molecular flexibility index (Phi) is 6.30. The minimum Gasteiger partial charge on any atom is -0.470 e. The fourth-order valence-corrected chi connectivity index (χ4v) is 3.20. The van der Waals surface area contributed by atoms with E-state index in [-0.39, 0.29) is 28.8 Å². The van der Waals surface area contributed by atoms with Gasteiger partial charge in [-0.05, 0) is 52.9 Å². The summed E-state index contributed by atoms with van der Waals surface area (Å²) < 4.78 is 53.8. The number of nitrogens with one attached hydrogen (secondary N) is 2. The maximum Gasteiger partial charge on any atom is 0.315 e. The molecule has 0 amide bonds. The van der Waals surface area contributed by atoms with Gasteiger partial charge >= 0.3 is 6.01 Å². The van der Waals surface area contributed by atoms with E-state index in [0.717, 1.165) is 6.07 Å². The summed E-state index contributed by atoms with van der Waals surface area (Å²) in [5, 5.41) is 13.3. The largest absolute Gasteiger partial charge is 0.470 e. The van der Waals surface area contributed by atoms with E-state index in [1.807, 2.05) is 27.5 Å². The lowest BCUT2D eigenvalue weighted by atomic mass is 10.1. The van der Waals surface area contributed by atoms with Gasteiger partial charge in [0.1, 0.15) is 18.3 Å². The summed E-state index contributed by atoms with van der Waals surface area (Å²) in [6.07, 6.45) is 6.59. The first kappa shape index (κ1) is 21.0. The van der Waals surface area contributed by atoms with E-state index in [1.54, 1.807) is 31.0 Å². The van der Waals surface area contributed by atoms with E-state index in [2.05, 4.69) is 20.8 Å². The molecule has 1 aliphatic heterocycles. The van der Waals surface area contributed by atoms with Gasteiger partial charge in [-0.25, -0.2) is 13.2 Å². The minimum atomic E-state index is -1.19. The highest BCUT2D eigenvalue weighted by Crippen LogP contribution is 2.34. The van der Waals surface area contributed by atoms with E-state index in [4.69, 9.17) is 9.15 Å². The van der Waals surface area contributed by atoms with Crippen molar-refractivity contribution in [1.82, 2.24) is 15.1 Å². The highest BCUT2D eigenvalue weighted by Gasteiger charge is 2.20. The molecular formula is C20H15F3IN5O2. The highest BCUT2D eigenvalue weighted by molar-refractivity contribution is 14.1. The van der Waals surface area contributed by atoms with Gasteiger partial charge in [-0.3, -0.25) is 0 Å². The van der Waals surface area contributed by atoms with Crippen molar-refractivity contribution in [3.63, 3.8) is 0 Å². The Balaban J connectivity index is 1.54. The molecule has 0 fully saturated rings. The van der Waals surface area contributed by atoms with Crippen molar-refractivity contribution in [2.45, 2.75) is 0 Å². The van der Waals surface area contributed by atoms with Crippen molar-refractivity contribution in [3.05, 3.63) is 76.3 Å². The van der Waals surface area contributed by atoms with Crippen molar-refractivity contribution in [2.24, 2.45) is 0 Å². The van der Waals surface area contributed by atoms with Crippen LogP contribution in [0.15, 0.2) is 59.7 Å². The predicted octanol–water partition coefficient (Wildman–Crippen LogP) is 5.19. The number of halogens is 4. The Morgan fingerprint density at radius 2 is 1.81 bits per heavy atom. The number of benzene rings is 2. The van der Waals surface area contributed by atoms with Gasteiger partial charge in [0.25, 0.3) is 5.89 Å². The Morgan fingerprint density at radius 1 is 1.00 bits per heavy atom. The van der Waals surface area contributed by atoms with Crippen LogP contribution in [0, 0.1) is 21.0 Å². The molecule has 0 unspecified atom stereocenters. The van der Waals surface area contributed by atoms with Crippen molar-refractivity contribution < 1.29 is 22.3 Å². The molecule has 160 valence electrons. The van der Waals surface area contributed by atoms with Gasteiger partial charge in [0.15, 0.2) is 11.6 Å². The molecule has 0 bridgehead atoms. The van der Waals surface area contributed by atoms with Crippen LogP contribution in [-0.2, 0) is 4.74 Å². The van der Waals surface area contributed by atoms with Crippen molar-refractivity contribution in [3.8, 4) is 11.5 Å². The van der Waals surface area contributed by atoms with Crippen LogP contribution in [0.4, 0.5) is 30.6 Å². The second kappa shape index (κ2) is 9.29. The molecule has 1 aromatic heterocycles. The summed E-state index contributed by atoms with van der Waals surface area (Å²) in [5.74, 6) is -2.95. The van der Waals surface area contributed by atoms with Crippen LogP contribution < -0.4 is 10.6 Å². The number of rotatable bonds is 7. The summed E-state index contributed by atoms with van der Waals surface area (Å²) in [6, 6.07) is 6.66. The zero-order valence-electron chi connectivity index (χ0n) is 15.8. The second-order valence-corrected chi connectivity index (χ2v) is 7.56. The van der Waals surface area contributed by atoms with Gasteiger partial charge in [0, 0.05) is 29.1 Å². The number of hydrogen-bond acceptors (Lipinski definition) is 7. The third kappa shape index (κ3) is 4.93. The molecule has 0 saturated carbocycles. The smallest absolute Gasteiger partial charge is 0.315 e. The van der Waals surface area contributed by atoms with E-state index < -0.39 is 17.5 Å². The van der Waals surface area contributed by atoms with Crippen LogP contribution in [0.1, 0.15) is 0 Å². The fraction of sp³-hybridized carbons (Fsp3) is 0.100. The van der Waals surface area contributed by atoms with Crippen molar-refractivity contribution >= 4 is 40.0 Å². The summed E-state index contributed by atoms with van der Waals surface area (Å²) in [4.78, 5) is 1.88. The van der Waals surface area contributed by atoms with Crippen molar-refractivity contribution in [1.29, 1.82) is 0 Å². The van der Waals surface area contributed by atoms with E-state index in [0.29, 0.717) is 16.7 Å². The maximum absolute atomic E-state index is 14.6. The van der Waals surface area contributed by atoms with Crippen molar-refractivity contribution in [2.75, 3.05) is 23.7 Å². The lowest BCUT2D eigenvalue weighted by Gasteiger charge is -2.16. The minimum absolute atomic E-state index is 0.0179. The maximum atomic E-state index is 14.6. The van der Waals surface area contributed by atoms with Crippen LogP contribution in [-0.4, -0.2) is 28.2 Å². The zero-order chi connectivity index (χ0) is 21.8. The third-order valence-corrected chi connectivity index (χ3v) is 4.92. The first-order valence-electron chi connectivity index (χ1n) is 9.03. The van der Waals surface area contributed by atoms with Crippen LogP contribution in [0.5, 0.6) is 0 Å². The quantitative estimate of drug-likeness (QED) is 0.399. The van der Waals surface area contributed by atoms with Gasteiger partial charge in [0.2, 0.25) is 0 Å². The van der Waals surface area contributed by atoms with E-state index in [1.165, 1.54) is 18.2 Å². The number of nitrogens with zero attached hydrogens (tertiary/aromatic N) is 3. The molecule has 0 spiro atoms. The molecule has 4 rings (SSSR count). The lowest BCUT2D eigenvalue weighted by molar-refractivity contribution is 0.347. The molecule has 2 heterocycles. The number of hydrogen-bond donors (Lipinski definition) is 2. The fourth-order valence-electron chi connectivity index (χ4n) is 2.74. The molecule has 2 aromatic carbocycles. The topological polar surface area (TPSA) is 75.5 Å². The Bertz CT molecular complexity index is 1140. The molecule has 31 heavy (non-hydrogen) atoms. The standard InChI is InChI=1S/C20H15F3IN5O2/c21-14-3-2-13(18(17(14)23)26-16-4-1-12(24)11-15(16)22)19-27-28-20(31-19)25-5-6-29-7-9-30-10-8-29/h1-4,7-11,26H,5-6H2,(H,25,28). The zero-order valence-corrected chi connectivity index (χ0v) is 17.9. The summed E-state index contributed by atoms with van der Waals surface area (Å²) in [7, 11) is 0. The number of aromatic nitrogens is 2. The third-order valence-electron chi connectivity index (χ3n) is 4.25. The number of anilines is 3. The molecular weight excluding hydrogens is 526 g/mol. The molecule has 3 aromatic rings. The Hall–Kier alpha value is -3.22. The monoisotopic (exact) mass is 541 g/mol. The van der Waals surface area contributed by atoms with Gasteiger partial charge in [0.05, 0.1) is 16.9 Å². The predicted molar refractivity (Wildman–Crippen MR) is 117 cm³/mol. The van der Waals surface area contributed by atoms with Crippen LogP contribution in [0.3, 0.4) is 0 Å². The molecule has 0 aliphatic carbocycles. The highest BCUT2D eigenvalue weighted by atomic mass is 127. The van der Waals surface area contributed by atoms with Gasteiger partial charge in [-0.2, -0.15) is 0 Å². The Labute approximate surface area is 188 Å². The summed E-state index contributed by atoms with van der Waals surface area (Å²) >= 11 is 1.95.